The van der Waals surface area contributed by atoms with E-state index in [1.54, 1.807) is 0 Å². The molecule has 5 rings (SSSR count). The molecule has 0 aliphatic carbocycles. The second kappa shape index (κ2) is 10.1. The zero-order chi connectivity index (χ0) is 24.2. The van der Waals surface area contributed by atoms with Gasteiger partial charge in [0.1, 0.15) is 11.4 Å². The lowest BCUT2D eigenvalue weighted by molar-refractivity contribution is 0.0690. The number of ether oxygens (including phenoxy) is 1. The molecule has 1 heterocycles. The monoisotopic (exact) mass is 481 g/mol. The molecule has 0 fully saturated rings. The Hall–Kier alpha value is -4.02. The van der Waals surface area contributed by atoms with Crippen molar-refractivity contribution in [1.29, 1.82) is 0 Å². The van der Waals surface area contributed by atoms with Crippen molar-refractivity contribution in [3.63, 3.8) is 0 Å². The van der Waals surface area contributed by atoms with E-state index in [9.17, 15) is 9.90 Å². The first-order chi connectivity index (χ1) is 17.1. The molecule has 2 N–H and O–H groups in total. The van der Waals surface area contributed by atoms with Crippen molar-refractivity contribution in [1.82, 2.24) is 4.98 Å². The highest BCUT2D eigenvalue weighted by molar-refractivity contribution is 6.32. The summed E-state index contributed by atoms with van der Waals surface area (Å²) in [4.78, 5) is 15.2. The molecule has 0 saturated carbocycles. The number of H-pyrrole nitrogens is 1. The highest BCUT2D eigenvalue weighted by atomic mass is 35.5. The molecule has 4 nitrogen and oxygen atoms in total. The molecule has 4 aromatic carbocycles. The number of hydrogen-bond acceptors (Lipinski definition) is 2. The second-order valence-electron chi connectivity index (χ2n) is 8.34. The first-order valence-corrected chi connectivity index (χ1v) is 11.9. The van der Waals surface area contributed by atoms with Crippen LogP contribution in [0, 0.1) is 0 Å². The molecule has 0 amide bonds. The number of carboxylic acids is 1. The summed E-state index contributed by atoms with van der Waals surface area (Å²) in [5.41, 5.74) is 3.63. The summed E-state index contributed by atoms with van der Waals surface area (Å²) in [7, 11) is 0. The molecule has 0 saturated heterocycles. The van der Waals surface area contributed by atoms with Gasteiger partial charge in [0.2, 0.25) is 0 Å². The molecule has 0 radical (unpaired) electrons. The molecular formula is C30H24ClNO3. The van der Waals surface area contributed by atoms with Crippen molar-refractivity contribution >= 4 is 51.4 Å². The van der Waals surface area contributed by atoms with Gasteiger partial charge in [0.25, 0.3) is 0 Å². The van der Waals surface area contributed by atoms with Gasteiger partial charge in [-0.25, -0.2) is 4.79 Å². The number of carboxylic acid groups (broad SMARTS) is 1. The fourth-order valence-electron chi connectivity index (χ4n) is 4.42. The Kier molecular flexibility index (Phi) is 6.55. The van der Waals surface area contributed by atoms with Crippen molar-refractivity contribution in [2.45, 2.75) is 12.8 Å². The molecule has 0 atom stereocenters. The van der Waals surface area contributed by atoms with E-state index in [0.29, 0.717) is 24.5 Å². The third-order valence-electron chi connectivity index (χ3n) is 6.11. The van der Waals surface area contributed by atoms with Crippen molar-refractivity contribution in [2.75, 3.05) is 6.61 Å². The highest BCUT2D eigenvalue weighted by Gasteiger charge is 2.18. The highest BCUT2D eigenvalue weighted by Crippen LogP contribution is 2.29. The number of aromatic nitrogens is 1. The fourth-order valence-corrected chi connectivity index (χ4v) is 4.62. The molecule has 0 aliphatic rings. The van der Waals surface area contributed by atoms with Crippen LogP contribution < -0.4 is 4.74 Å². The predicted octanol–water partition coefficient (Wildman–Crippen LogP) is 7.85. The van der Waals surface area contributed by atoms with Crippen LogP contribution in [0.4, 0.5) is 0 Å². The summed E-state index contributed by atoms with van der Waals surface area (Å²) < 4.78 is 6.07. The van der Waals surface area contributed by atoms with Crippen molar-refractivity contribution in [2.24, 2.45) is 0 Å². The van der Waals surface area contributed by atoms with Crippen LogP contribution >= 0.6 is 11.6 Å². The molecule has 5 heteroatoms. The van der Waals surface area contributed by atoms with Gasteiger partial charge in [0.05, 0.1) is 12.1 Å². The maximum Gasteiger partial charge on any atom is 0.352 e. The molecular weight excluding hydrogens is 458 g/mol. The summed E-state index contributed by atoms with van der Waals surface area (Å²) in [5.74, 6) is -0.125. The molecule has 0 bridgehead atoms. The number of para-hydroxylation sites is 1. The van der Waals surface area contributed by atoms with E-state index in [0.717, 1.165) is 44.1 Å². The van der Waals surface area contributed by atoms with Crippen LogP contribution in [0.15, 0.2) is 84.9 Å². The van der Waals surface area contributed by atoms with Crippen LogP contribution in [0.2, 0.25) is 5.02 Å². The van der Waals surface area contributed by atoms with Gasteiger partial charge in [-0.05, 0) is 47.1 Å². The van der Waals surface area contributed by atoms with Crippen LogP contribution in [0.3, 0.4) is 0 Å². The van der Waals surface area contributed by atoms with E-state index in [1.165, 1.54) is 0 Å². The Morgan fingerprint density at radius 1 is 0.857 bits per heavy atom. The number of benzene rings is 4. The Balaban J connectivity index is 1.37. The number of nitrogens with one attached hydrogen (secondary N) is 1. The van der Waals surface area contributed by atoms with Crippen LogP contribution in [0.1, 0.15) is 33.6 Å². The number of rotatable bonds is 8. The molecule has 5 aromatic rings. The van der Waals surface area contributed by atoms with E-state index in [2.05, 4.69) is 17.1 Å². The lowest BCUT2D eigenvalue weighted by Gasteiger charge is -2.09. The lowest BCUT2D eigenvalue weighted by atomic mass is 10.0. The lowest BCUT2D eigenvalue weighted by Crippen LogP contribution is -2.04. The van der Waals surface area contributed by atoms with E-state index in [4.69, 9.17) is 16.3 Å². The second-order valence-corrected chi connectivity index (χ2v) is 8.74. The average molecular weight is 482 g/mol. The minimum atomic E-state index is -0.966. The molecule has 174 valence electrons. The van der Waals surface area contributed by atoms with Gasteiger partial charge in [-0.3, -0.25) is 0 Å². The Morgan fingerprint density at radius 2 is 1.54 bits per heavy atom. The molecule has 0 unspecified atom stereocenters. The largest absolute Gasteiger partial charge is 0.493 e. The third-order valence-corrected chi connectivity index (χ3v) is 6.46. The number of aromatic carboxylic acids is 1. The Morgan fingerprint density at radius 3 is 2.40 bits per heavy atom. The van der Waals surface area contributed by atoms with Gasteiger partial charge in [-0.1, -0.05) is 96.5 Å². The van der Waals surface area contributed by atoms with Crippen LogP contribution in [-0.2, 0) is 6.42 Å². The van der Waals surface area contributed by atoms with E-state index >= 15 is 0 Å². The molecule has 0 spiro atoms. The summed E-state index contributed by atoms with van der Waals surface area (Å²) in [6.45, 7) is 0.492. The SMILES string of the molecule is O=C(O)c1[nH]c2c(C=Cc3ccccc3Cl)cccc2c1CCCOc1cccc2ccccc12. The number of aromatic amines is 1. The number of hydrogen-bond donors (Lipinski definition) is 2. The van der Waals surface area contributed by atoms with E-state index in [1.807, 2.05) is 84.9 Å². The summed E-state index contributed by atoms with van der Waals surface area (Å²) in [6.07, 6.45) is 5.18. The van der Waals surface area contributed by atoms with Gasteiger partial charge in [0.15, 0.2) is 0 Å². The maximum atomic E-state index is 12.0. The summed E-state index contributed by atoms with van der Waals surface area (Å²) in [6, 6.07) is 27.6. The van der Waals surface area contributed by atoms with Crippen LogP contribution in [-0.4, -0.2) is 22.7 Å². The van der Waals surface area contributed by atoms with Crippen molar-refractivity contribution in [3.8, 4) is 5.75 Å². The molecule has 1 aromatic heterocycles. The zero-order valence-corrected chi connectivity index (χ0v) is 19.8. The van der Waals surface area contributed by atoms with E-state index < -0.39 is 5.97 Å². The van der Waals surface area contributed by atoms with E-state index in [-0.39, 0.29) is 5.69 Å². The predicted molar refractivity (Wildman–Crippen MR) is 143 cm³/mol. The fraction of sp³-hybridized carbons (Fsp3) is 0.100. The zero-order valence-electron chi connectivity index (χ0n) is 19.0. The minimum Gasteiger partial charge on any atom is -0.493 e. The standard InChI is InChI=1S/C30H24ClNO3/c31-26-15-4-2-9-21(26)17-18-22-11-5-13-24-25(29(30(33)34)32-28(22)24)14-7-19-35-27-16-6-10-20-8-1-3-12-23(20)27/h1-6,8-13,15-18,32H,7,14,19H2,(H,33,34). The maximum absolute atomic E-state index is 12.0. The van der Waals surface area contributed by atoms with Crippen molar-refractivity contribution < 1.29 is 14.6 Å². The number of halogens is 1. The first kappa shape index (κ1) is 22.8. The molecule has 35 heavy (non-hydrogen) atoms. The van der Waals surface area contributed by atoms with Gasteiger partial charge in [-0.2, -0.15) is 0 Å². The van der Waals surface area contributed by atoms with Crippen LogP contribution in [0.5, 0.6) is 5.75 Å². The average Bonchev–Trinajstić information content (AvgIpc) is 3.26. The Bertz CT molecular complexity index is 1550. The van der Waals surface area contributed by atoms with Crippen LogP contribution in [0.25, 0.3) is 33.8 Å². The number of fused-ring (bicyclic) bond motifs is 2. The third kappa shape index (κ3) is 4.79. The van der Waals surface area contributed by atoms with Gasteiger partial charge < -0.3 is 14.8 Å². The quantitative estimate of drug-likeness (QED) is 0.175. The smallest absolute Gasteiger partial charge is 0.352 e. The topological polar surface area (TPSA) is 62.3 Å². The van der Waals surface area contributed by atoms with Gasteiger partial charge in [-0.15, -0.1) is 0 Å². The normalized spacial score (nSPS) is 11.5. The van der Waals surface area contributed by atoms with Gasteiger partial charge in [0, 0.05) is 15.8 Å². The number of aryl methyl sites for hydroxylation is 1. The minimum absolute atomic E-state index is 0.226. The Labute approximate surface area is 208 Å². The summed E-state index contributed by atoms with van der Waals surface area (Å²) in [5, 5.41) is 13.6. The molecule has 0 aliphatic heterocycles. The number of carbonyl (C=O) groups is 1. The first-order valence-electron chi connectivity index (χ1n) is 11.5. The van der Waals surface area contributed by atoms with Crippen molar-refractivity contribution in [3.05, 3.63) is 112 Å². The van der Waals surface area contributed by atoms with Gasteiger partial charge >= 0.3 is 5.97 Å². The summed E-state index contributed by atoms with van der Waals surface area (Å²) >= 11 is 6.28.